The predicted molar refractivity (Wildman–Crippen MR) is 97.5 cm³/mol. The van der Waals surface area contributed by atoms with Crippen molar-refractivity contribution in [1.82, 2.24) is 19.4 Å². The number of aryl methyl sites for hydroxylation is 1. The van der Waals surface area contributed by atoms with Crippen LogP contribution in [-0.4, -0.2) is 52.1 Å². The van der Waals surface area contributed by atoms with E-state index in [1.807, 2.05) is 17.0 Å². The summed E-state index contributed by atoms with van der Waals surface area (Å²) in [6.45, 7) is 4.57. The van der Waals surface area contributed by atoms with Crippen molar-refractivity contribution in [3.8, 4) is 0 Å². The fourth-order valence-electron chi connectivity index (χ4n) is 3.63. The first kappa shape index (κ1) is 17.9. The average molecular weight is 344 g/mol. The Balaban J connectivity index is 1.68. The summed E-state index contributed by atoms with van der Waals surface area (Å²) in [5.74, 6) is 1.27. The van der Waals surface area contributed by atoms with Crippen molar-refractivity contribution in [2.75, 3.05) is 26.8 Å². The summed E-state index contributed by atoms with van der Waals surface area (Å²) in [6, 6.07) is 4.06. The molecule has 0 bridgehead atoms. The van der Waals surface area contributed by atoms with E-state index in [4.69, 9.17) is 9.72 Å². The molecule has 1 atom stereocenters. The standard InChI is InChI=1S/C19H28N4O2/c1-15(14-25-2)23-17(21-16-8-7-11-20-19(16)23)9-6-10-18(24)22-12-4-3-5-13-22/h7-8,11,15H,3-6,9-10,12-14H2,1-2H3. The van der Waals surface area contributed by atoms with Crippen LogP contribution in [0.5, 0.6) is 0 Å². The predicted octanol–water partition coefficient (Wildman–Crippen LogP) is 2.97. The van der Waals surface area contributed by atoms with E-state index in [0.29, 0.717) is 13.0 Å². The number of hydrogen-bond acceptors (Lipinski definition) is 4. The third kappa shape index (κ3) is 4.18. The molecule has 0 saturated carbocycles. The molecule has 2 aromatic heterocycles. The Bertz CT molecular complexity index is 707. The lowest BCUT2D eigenvalue weighted by molar-refractivity contribution is -0.132. The number of fused-ring (bicyclic) bond motifs is 1. The van der Waals surface area contributed by atoms with Gasteiger partial charge in [-0.15, -0.1) is 0 Å². The largest absolute Gasteiger partial charge is 0.383 e. The Morgan fingerprint density at radius 1 is 1.32 bits per heavy atom. The molecule has 0 N–H and O–H groups in total. The van der Waals surface area contributed by atoms with Crippen LogP contribution in [0.2, 0.25) is 0 Å². The third-order valence-corrected chi connectivity index (χ3v) is 4.87. The fourth-order valence-corrected chi connectivity index (χ4v) is 3.63. The van der Waals surface area contributed by atoms with Gasteiger partial charge in [-0.05, 0) is 44.7 Å². The number of piperidine rings is 1. The summed E-state index contributed by atoms with van der Waals surface area (Å²) in [6.07, 6.45) is 7.52. The molecule has 1 amide bonds. The normalized spacial score (nSPS) is 16.3. The quantitative estimate of drug-likeness (QED) is 0.775. The molecule has 1 aliphatic rings. The van der Waals surface area contributed by atoms with E-state index in [1.54, 1.807) is 13.3 Å². The van der Waals surface area contributed by atoms with Crippen LogP contribution in [0.15, 0.2) is 18.3 Å². The van der Waals surface area contributed by atoms with Gasteiger partial charge in [-0.2, -0.15) is 0 Å². The number of imidazole rings is 1. The molecule has 2 aromatic rings. The van der Waals surface area contributed by atoms with Gasteiger partial charge in [-0.3, -0.25) is 4.79 Å². The molecule has 6 heteroatoms. The Morgan fingerprint density at radius 3 is 2.88 bits per heavy atom. The highest BCUT2D eigenvalue weighted by molar-refractivity contribution is 5.76. The Kier molecular flexibility index (Phi) is 6.02. The lowest BCUT2D eigenvalue weighted by Crippen LogP contribution is -2.35. The molecule has 0 aromatic carbocycles. The van der Waals surface area contributed by atoms with Gasteiger partial charge in [0.05, 0.1) is 12.6 Å². The van der Waals surface area contributed by atoms with Gasteiger partial charge in [-0.25, -0.2) is 9.97 Å². The molecule has 25 heavy (non-hydrogen) atoms. The minimum absolute atomic E-state index is 0.165. The van der Waals surface area contributed by atoms with Gasteiger partial charge < -0.3 is 14.2 Å². The number of carbonyl (C=O) groups excluding carboxylic acids is 1. The smallest absolute Gasteiger partial charge is 0.222 e. The van der Waals surface area contributed by atoms with Crippen molar-refractivity contribution < 1.29 is 9.53 Å². The summed E-state index contributed by atoms with van der Waals surface area (Å²) in [4.78, 5) is 23.6. The average Bonchev–Trinajstić information content (AvgIpc) is 3.01. The van der Waals surface area contributed by atoms with Crippen LogP contribution >= 0.6 is 0 Å². The zero-order valence-electron chi connectivity index (χ0n) is 15.3. The first-order valence-corrected chi connectivity index (χ1v) is 9.29. The number of hydrogen-bond donors (Lipinski definition) is 0. The van der Waals surface area contributed by atoms with Crippen molar-refractivity contribution in [3.63, 3.8) is 0 Å². The number of amides is 1. The van der Waals surface area contributed by atoms with Gasteiger partial charge in [-0.1, -0.05) is 0 Å². The number of ether oxygens (including phenoxy) is 1. The van der Waals surface area contributed by atoms with E-state index >= 15 is 0 Å². The van der Waals surface area contributed by atoms with Crippen molar-refractivity contribution in [3.05, 3.63) is 24.2 Å². The number of pyridine rings is 1. The van der Waals surface area contributed by atoms with Crippen molar-refractivity contribution in [2.45, 2.75) is 51.5 Å². The van der Waals surface area contributed by atoms with Crippen LogP contribution in [0.25, 0.3) is 11.2 Å². The van der Waals surface area contributed by atoms with E-state index < -0.39 is 0 Å². The van der Waals surface area contributed by atoms with E-state index in [0.717, 1.165) is 55.8 Å². The molecule has 1 saturated heterocycles. The van der Waals surface area contributed by atoms with Crippen molar-refractivity contribution in [1.29, 1.82) is 0 Å². The molecule has 136 valence electrons. The maximum absolute atomic E-state index is 12.3. The van der Waals surface area contributed by atoms with Crippen LogP contribution in [0.4, 0.5) is 0 Å². The maximum Gasteiger partial charge on any atom is 0.222 e. The second-order valence-corrected chi connectivity index (χ2v) is 6.84. The highest BCUT2D eigenvalue weighted by atomic mass is 16.5. The van der Waals surface area contributed by atoms with E-state index in [2.05, 4.69) is 16.5 Å². The number of rotatable bonds is 7. The molecule has 1 aliphatic heterocycles. The topological polar surface area (TPSA) is 60.2 Å². The number of likely N-dealkylation sites (tertiary alicyclic amines) is 1. The van der Waals surface area contributed by atoms with Gasteiger partial charge in [0, 0.05) is 39.2 Å². The maximum atomic E-state index is 12.3. The third-order valence-electron chi connectivity index (χ3n) is 4.87. The zero-order valence-corrected chi connectivity index (χ0v) is 15.3. The number of nitrogens with zero attached hydrogens (tertiary/aromatic N) is 4. The summed E-state index contributed by atoms with van der Waals surface area (Å²) in [5, 5.41) is 0. The van der Waals surface area contributed by atoms with Crippen LogP contribution < -0.4 is 0 Å². The summed E-state index contributed by atoms with van der Waals surface area (Å²) in [7, 11) is 1.71. The first-order chi connectivity index (χ1) is 12.2. The molecule has 1 fully saturated rings. The SMILES string of the molecule is COCC(C)n1c(CCCC(=O)N2CCCCC2)nc2cccnc21. The highest BCUT2D eigenvalue weighted by Gasteiger charge is 2.19. The van der Waals surface area contributed by atoms with Gasteiger partial charge in [0.2, 0.25) is 5.91 Å². The molecule has 1 unspecified atom stereocenters. The molecular formula is C19H28N4O2. The van der Waals surface area contributed by atoms with Gasteiger partial charge >= 0.3 is 0 Å². The minimum Gasteiger partial charge on any atom is -0.383 e. The van der Waals surface area contributed by atoms with Crippen LogP contribution in [0, 0.1) is 0 Å². The first-order valence-electron chi connectivity index (χ1n) is 9.29. The summed E-state index contributed by atoms with van der Waals surface area (Å²) >= 11 is 0. The van der Waals surface area contributed by atoms with Crippen molar-refractivity contribution >= 4 is 17.1 Å². The zero-order chi connectivity index (χ0) is 17.6. The monoisotopic (exact) mass is 344 g/mol. The second kappa shape index (κ2) is 8.43. The van der Waals surface area contributed by atoms with E-state index in [1.165, 1.54) is 6.42 Å². The molecule has 0 radical (unpaired) electrons. The van der Waals surface area contributed by atoms with Crippen LogP contribution in [-0.2, 0) is 16.0 Å². The Hall–Kier alpha value is -1.95. The number of methoxy groups -OCH3 is 1. The molecule has 6 nitrogen and oxygen atoms in total. The molecule has 3 heterocycles. The summed E-state index contributed by atoms with van der Waals surface area (Å²) in [5.41, 5.74) is 1.80. The van der Waals surface area contributed by atoms with E-state index in [9.17, 15) is 4.79 Å². The number of aromatic nitrogens is 3. The van der Waals surface area contributed by atoms with Gasteiger partial charge in [0.15, 0.2) is 5.65 Å². The van der Waals surface area contributed by atoms with E-state index in [-0.39, 0.29) is 11.9 Å². The summed E-state index contributed by atoms with van der Waals surface area (Å²) < 4.78 is 7.47. The van der Waals surface area contributed by atoms with Crippen LogP contribution in [0.1, 0.15) is 50.9 Å². The molecule has 3 rings (SSSR count). The lowest BCUT2D eigenvalue weighted by atomic mass is 10.1. The second-order valence-electron chi connectivity index (χ2n) is 6.84. The number of carbonyl (C=O) groups is 1. The Labute approximate surface area is 149 Å². The molecule has 0 aliphatic carbocycles. The fraction of sp³-hybridized carbons (Fsp3) is 0.632. The van der Waals surface area contributed by atoms with Crippen molar-refractivity contribution in [2.24, 2.45) is 0 Å². The minimum atomic E-state index is 0.165. The van der Waals surface area contributed by atoms with Crippen LogP contribution in [0.3, 0.4) is 0 Å². The van der Waals surface area contributed by atoms with Gasteiger partial charge in [0.1, 0.15) is 11.3 Å². The highest BCUT2D eigenvalue weighted by Crippen LogP contribution is 2.21. The Morgan fingerprint density at radius 2 is 2.12 bits per heavy atom. The molecular weight excluding hydrogens is 316 g/mol. The molecule has 0 spiro atoms. The lowest BCUT2D eigenvalue weighted by Gasteiger charge is -2.26. The van der Waals surface area contributed by atoms with Gasteiger partial charge in [0.25, 0.3) is 0 Å².